The maximum absolute atomic E-state index is 11.9. The molecule has 0 aromatic carbocycles. The van der Waals surface area contributed by atoms with E-state index in [0.717, 1.165) is 12.4 Å². The Morgan fingerprint density at radius 1 is 1.30 bits per heavy atom. The van der Waals surface area contributed by atoms with Crippen LogP contribution in [0.2, 0.25) is 0 Å². The minimum atomic E-state index is -0.820. The van der Waals surface area contributed by atoms with Crippen molar-refractivity contribution in [2.24, 2.45) is 4.99 Å². The molecule has 0 aliphatic carbocycles. The Morgan fingerprint density at radius 2 is 1.95 bits per heavy atom. The van der Waals surface area contributed by atoms with Crippen molar-refractivity contribution in [3.05, 3.63) is 0 Å². The molecule has 0 heterocycles. The maximum Gasteiger partial charge on any atom is 0.191 e. The van der Waals surface area contributed by atoms with E-state index in [-0.39, 0.29) is 4.75 Å². The standard InChI is InChI=1S/C15H33N3OS/c1-7-8-9-10-13(2)18-14(16-6)17-11-12-20(19)15(3,4)5/h13H,7-12H2,1-6H3,(H2,16,17,18). The first-order valence-electron chi connectivity index (χ1n) is 7.67. The van der Waals surface area contributed by atoms with Gasteiger partial charge >= 0.3 is 0 Å². The zero-order valence-electron chi connectivity index (χ0n) is 14.1. The molecule has 2 N–H and O–H groups in total. The van der Waals surface area contributed by atoms with E-state index in [0.29, 0.717) is 18.3 Å². The van der Waals surface area contributed by atoms with Gasteiger partial charge in [0.25, 0.3) is 0 Å². The largest absolute Gasteiger partial charge is 0.355 e. The first-order chi connectivity index (χ1) is 9.31. The number of nitrogens with one attached hydrogen (secondary N) is 2. The number of unbranched alkanes of at least 4 members (excludes halogenated alkanes) is 2. The molecule has 0 rings (SSSR count). The van der Waals surface area contributed by atoms with Gasteiger partial charge in [-0.15, -0.1) is 0 Å². The molecule has 0 aromatic heterocycles. The predicted molar refractivity (Wildman–Crippen MR) is 90.9 cm³/mol. The van der Waals surface area contributed by atoms with E-state index >= 15 is 0 Å². The van der Waals surface area contributed by atoms with E-state index in [1.54, 1.807) is 7.05 Å². The Balaban J connectivity index is 3.97. The van der Waals surface area contributed by atoms with Gasteiger partial charge in [-0.2, -0.15) is 0 Å². The summed E-state index contributed by atoms with van der Waals surface area (Å²) in [5, 5.41) is 6.62. The zero-order chi connectivity index (χ0) is 15.6. The summed E-state index contributed by atoms with van der Waals surface area (Å²) in [5.74, 6) is 1.45. The highest BCUT2D eigenvalue weighted by atomic mass is 32.2. The molecule has 120 valence electrons. The third-order valence-electron chi connectivity index (χ3n) is 3.11. The van der Waals surface area contributed by atoms with Crippen molar-refractivity contribution in [3.63, 3.8) is 0 Å². The minimum absolute atomic E-state index is 0.147. The molecule has 0 saturated heterocycles. The SMILES string of the molecule is CCCCCC(C)NC(=NC)NCCS(=O)C(C)(C)C. The molecule has 0 bridgehead atoms. The summed E-state index contributed by atoms with van der Waals surface area (Å²) in [6.07, 6.45) is 4.93. The molecule has 0 saturated carbocycles. The Bertz CT molecular complexity index is 311. The first kappa shape index (κ1) is 19.4. The number of guanidine groups is 1. The van der Waals surface area contributed by atoms with E-state index < -0.39 is 10.8 Å². The number of rotatable bonds is 8. The van der Waals surface area contributed by atoms with Crippen molar-refractivity contribution >= 4 is 16.8 Å². The molecule has 2 atom stereocenters. The zero-order valence-corrected chi connectivity index (χ0v) is 14.9. The van der Waals surface area contributed by atoms with Gasteiger partial charge in [-0.25, -0.2) is 0 Å². The number of hydrogen-bond acceptors (Lipinski definition) is 2. The summed E-state index contributed by atoms with van der Waals surface area (Å²) in [6.45, 7) is 11.1. The fourth-order valence-electron chi connectivity index (χ4n) is 1.77. The average Bonchev–Trinajstić information content (AvgIpc) is 2.36. The van der Waals surface area contributed by atoms with Gasteiger partial charge in [0.15, 0.2) is 5.96 Å². The van der Waals surface area contributed by atoms with Crippen LogP contribution in [0, 0.1) is 0 Å². The van der Waals surface area contributed by atoms with Gasteiger partial charge in [-0.1, -0.05) is 26.2 Å². The average molecular weight is 304 g/mol. The molecular formula is C15H33N3OS. The van der Waals surface area contributed by atoms with Crippen LogP contribution in [-0.4, -0.2) is 40.3 Å². The van der Waals surface area contributed by atoms with Crippen LogP contribution >= 0.6 is 0 Å². The lowest BCUT2D eigenvalue weighted by atomic mass is 10.1. The summed E-state index contributed by atoms with van der Waals surface area (Å²) >= 11 is 0. The van der Waals surface area contributed by atoms with Crippen molar-refractivity contribution < 1.29 is 4.21 Å². The fraction of sp³-hybridized carbons (Fsp3) is 0.933. The van der Waals surface area contributed by atoms with Gasteiger partial charge in [-0.05, 0) is 34.1 Å². The number of hydrogen-bond donors (Lipinski definition) is 2. The lowest BCUT2D eigenvalue weighted by Gasteiger charge is -2.20. The molecule has 2 unspecified atom stereocenters. The van der Waals surface area contributed by atoms with Gasteiger partial charge < -0.3 is 10.6 Å². The van der Waals surface area contributed by atoms with Crippen LogP contribution in [0.5, 0.6) is 0 Å². The molecule has 0 spiro atoms. The van der Waals surface area contributed by atoms with Crippen LogP contribution in [0.3, 0.4) is 0 Å². The molecule has 0 aliphatic heterocycles. The lowest BCUT2D eigenvalue weighted by Crippen LogP contribution is -2.44. The van der Waals surface area contributed by atoms with Crippen LogP contribution in [0.25, 0.3) is 0 Å². The molecule has 5 heteroatoms. The molecular weight excluding hydrogens is 270 g/mol. The second kappa shape index (κ2) is 10.2. The van der Waals surface area contributed by atoms with Gasteiger partial charge in [0.05, 0.1) is 0 Å². The van der Waals surface area contributed by atoms with E-state index in [9.17, 15) is 4.21 Å². The van der Waals surface area contributed by atoms with Crippen molar-refractivity contribution in [1.29, 1.82) is 0 Å². The third kappa shape index (κ3) is 9.34. The Morgan fingerprint density at radius 3 is 2.45 bits per heavy atom. The predicted octanol–water partition coefficient (Wildman–Crippen LogP) is 2.67. The molecule has 4 nitrogen and oxygen atoms in total. The molecule has 0 amide bonds. The van der Waals surface area contributed by atoms with Gasteiger partial charge in [0, 0.05) is 40.9 Å². The molecule has 0 aliphatic rings. The topological polar surface area (TPSA) is 53.5 Å². The lowest BCUT2D eigenvalue weighted by molar-refractivity contribution is 0.547. The van der Waals surface area contributed by atoms with Crippen molar-refractivity contribution in [3.8, 4) is 0 Å². The van der Waals surface area contributed by atoms with Crippen molar-refractivity contribution in [2.75, 3.05) is 19.3 Å². The highest BCUT2D eigenvalue weighted by Crippen LogP contribution is 2.10. The summed E-state index contributed by atoms with van der Waals surface area (Å²) in [4.78, 5) is 4.21. The number of nitrogens with zero attached hydrogens (tertiary/aromatic N) is 1. The Hall–Kier alpha value is -0.580. The monoisotopic (exact) mass is 303 g/mol. The Labute approximate surface area is 127 Å². The second-order valence-corrected chi connectivity index (χ2v) is 8.53. The van der Waals surface area contributed by atoms with Gasteiger partial charge in [0.2, 0.25) is 0 Å². The normalized spacial score (nSPS) is 15.8. The smallest absolute Gasteiger partial charge is 0.191 e. The summed E-state index contributed by atoms with van der Waals surface area (Å²) in [5.41, 5.74) is 0. The fourth-order valence-corrected chi connectivity index (χ4v) is 2.67. The Kier molecular flexibility index (Phi) is 9.90. The van der Waals surface area contributed by atoms with Crippen molar-refractivity contribution in [1.82, 2.24) is 10.6 Å². The van der Waals surface area contributed by atoms with Crippen LogP contribution in [-0.2, 0) is 10.8 Å². The van der Waals surface area contributed by atoms with E-state index in [4.69, 9.17) is 0 Å². The van der Waals surface area contributed by atoms with Crippen LogP contribution in [0.4, 0.5) is 0 Å². The third-order valence-corrected chi connectivity index (χ3v) is 5.05. The minimum Gasteiger partial charge on any atom is -0.355 e. The summed E-state index contributed by atoms with van der Waals surface area (Å²) in [7, 11) is 0.953. The molecule has 0 radical (unpaired) electrons. The van der Waals surface area contributed by atoms with Gasteiger partial charge in [-0.3, -0.25) is 9.20 Å². The second-order valence-electron chi connectivity index (χ2n) is 6.20. The van der Waals surface area contributed by atoms with Gasteiger partial charge in [0.1, 0.15) is 0 Å². The van der Waals surface area contributed by atoms with Crippen molar-refractivity contribution in [2.45, 2.75) is 71.1 Å². The van der Waals surface area contributed by atoms with Crippen LogP contribution in [0.1, 0.15) is 60.3 Å². The van der Waals surface area contributed by atoms with Crippen LogP contribution in [0.15, 0.2) is 4.99 Å². The first-order valence-corrected chi connectivity index (χ1v) is 8.98. The molecule has 0 fully saturated rings. The highest BCUT2D eigenvalue weighted by Gasteiger charge is 2.18. The van der Waals surface area contributed by atoms with E-state index in [1.165, 1.54) is 19.3 Å². The van der Waals surface area contributed by atoms with E-state index in [2.05, 4.69) is 29.5 Å². The summed E-state index contributed by atoms with van der Waals surface area (Å²) < 4.78 is 11.8. The highest BCUT2D eigenvalue weighted by molar-refractivity contribution is 7.86. The van der Waals surface area contributed by atoms with Crippen LogP contribution < -0.4 is 10.6 Å². The maximum atomic E-state index is 11.9. The molecule has 0 aromatic rings. The summed E-state index contributed by atoms with van der Waals surface area (Å²) in [6, 6.07) is 0.417. The number of aliphatic imine (C=N–C) groups is 1. The molecule has 20 heavy (non-hydrogen) atoms. The quantitative estimate of drug-likeness (QED) is 0.412. The van der Waals surface area contributed by atoms with E-state index in [1.807, 2.05) is 20.8 Å².